The second-order valence-electron chi connectivity index (χ2n) is 5.67. The van der Waals surface area contributed by atoms with Crippen LogP contribution >= 0.6 is 11.3 Å². The molecule has 1 fully saturated rings. The van der Waals surface area contributed by atoms with E-state index in [0.717, 1.165) is 0 Å². The van der Waals surface area contributed by atoms with Gasteiger partial charge in [0.25, 0.3) is 0 Å². The summed E-state index contributed by atoms with van der Waals surface area (Å²) in [4.78, 5) is 4.05. The monoisotopic (exact) mass is 266 g/mol. The third-order valence-electron chi connectivity index (χ3n) is 4.34. The molecule has 0 atom stereocenters. The van der Waals surface area contributed by atoms with Gasteiger partial charge in [-0.15, -0.1) is 11.3 Å². The second kappa shape index (κ2) is 6.69. The molecule has 3 heteroatoms. The van der Waals surface area contributed by atoms with Crippen LogP contribution < -0.4 is 5.32 Å². The van der Waals surface area contributed by atoms with Crippen LogP contribution in [-0.4, -0.2) is 38.1 Å². The normalized spacial score (nSPS) is 19.3. The van der Waals surface area contributed by atoms with Gasteiger partial charge < -0.3 is 10.2 Å². The molecule has 0 saturated carbocycles. The number of piperidine rings is 1. The van der Waals surface area contributed by atoms with Crippen LogP contribution in [0.3, 0.4) is 0 Å². The molecule has 2 heterocycles. The smallest absolute Gasteiger partial charge is 0.00579 e. The Morgan fingerprint density at radius 3 is 2.78 bits per heavy atom. The molecule has 1 aromatic heterocycles. The average molecular weight is 266 g/mol. The van der Waals surface area contributed by atoms with Crippen LogP contribution in [0.1, 0.15) is 31.1 Å². The predicted octanol–water partition coefficient (Wildman–Crippen LogP) is 3.00. The minimum absolute atomic E-state index is 0.565. The van der Waals surface area contributed by atoms with E-state index >= 15 is 0 Å². The van der Waals surface area contributed by atoms with Gasteiger partial charge in [0, 0.05) is 18.0 Å². The van der Waals surface area contributed by atoms with E-state index in [9.17, 15) is 0 Å². The third kappa shape index (κ3) is 3.81. The first-order valence-corrected chi connectivity index (χ1v) is 8.04. The zero-order valence-corrected chi connectivity index (χ0v) is 12.6. The van der Waals surface area contributed by atoms with Gasteiger partial charge in [-0.2, -0.15) is 0 Å². The predicted molar refractivity (Wildman–Crippen MR) is 80.3 cm³/mol. The standard InChI is InChI=1S/C15H26N2S/c1-3-15(7-9-16-10-8-15)13-17(2)11-6-14-5-4-12-18-14/h4-5,12,16H,3,6-11,13H2,1-2H3. The molecule has 18 heavy (non-hydrogen) atoms. The quantitative estimate of drug-likeness (QED) is 0.851. The number of hydrogen-bond donors (Lipinski definition) is 1. The molecule has 102 valence electrons. The van der Waals surface area contributed by atoms with Crippen molar-refractivity contribution < 1.29 is 0 Å². The summed E-state index contributed by atoms with van der Waals surface area (Å²) in [6.45, 7) is 7.21. The zero-order chi connectivity index (χ0) is 12.8. The summed E-state index contributed by atoms with van der Waals surface area (Å²) in [5.41, 5.74) is 0.565. The maximum Gasteiger partial charge on any atom is 0.00579 e. The molecular weight excluding hydrogens is 240 g/mol. The number of nitrogens with zero attached hydrogens (tertiary/aromatic N) is 1. The first-order chi connectivity index (χ1) is 8.74. The maximum absolute atomic E-state index is 3.48. The first kappa shape index (κ1) is 14.0. The van der Waals surface area contributed by atoms with E-state index in [2.05, 4.69) is 41.7 Å². The Labute approximate surface area is 115 Å². The molecule has 1 saturated heterocycles. The molecule has 2 rings (SSSR count). The lowest BCUT2D eigenvalue weighted by Crippen LogP contribution is -2.43. The Kier molecular flexibility index (Phi) is 5.22. The third-order valence-corrected chi connectivity index (χ3v) is 5.28. The van der Waals surface area contributed by atoms with E-state index in [0.29, 0.717) is 5.41 Å². The van der Waals surface area contributed by atoms with Crippen LogP contribution in [0.4, 0.5) is 0 Å². The van der Waals surface area contributed by atoms with Crippen LogP contribution in [0, 0.1) is 5.41 Å². The van der Waals surface area contributed by atoms with Crippen molar-refractivity contribution in [3.05, 3.63) is 22.4 Å². The van der Waals surface area contributed by atoms with Crippen LogP contribution in [0.5, 0.6) is 0 Å². The Bertz CT molecular complexity index is 328. The van der Waals surface area contributed by atoms with Crippen LogP contribution in [0.25, 0.3) is 0 Å². The molecule has 0 amide bonds. The van der Waals surface area contributed by atoms with Crippen molar-refractivity contribution in [1.82, 2.24) is 10.2 Å². The number of likely N-dealkylation sites (N-methyl/N-ethyl adjacent to an activating group) is 1. The highest BCUT2D eigenvalue weighted by atomic mass is 32.1. The number of hydrogen-bond acceptors (Lipinski definition) is 3. The fourth-order valence-electron chi connectivity index (χ4n) is 2.99. The van der Waals surface area contributed by atoms with Gasteiger partial charge >= 0.3 is 0 Å². The Morgan fingerprint density at radius 2 is 2.17 bits per heavy atom. The summed E-state index contributed by atoms with van der Waals surface area (Å²) in [6, 6.07) is 4.40. The van der Waals surface area contributed by atoms with Crippen molar-refractivity contribution in [2.45, 2.75) is 32.6 Å². The van der Waals surface area contributed by atoms with Crippen molar-refractivity contribution in [1.29, 1.82) is 0 Å². The highest BCUT2D eigenvalue weighted by Crippen LogP contribution is 2.33. The van der Waals surface area contributed by atoms with Crippen molar-refractivity contribution in [2.75, 3.05) is 33.2 Å². The van der Waals surface area contributed by atoms with E-state index < -0.39 is 0 Å². The van der Waals surface area contributed by atoms with E-state index in [4.69, 9.17) is 0 Å². The van der Waals surface area contributed by atoms with Crippen LogP contribution in [-0.2, 0) is 6.42 Å². The summed E-state index contributed by atoms with van der Waals surface area (Å²) in [5.74, 6) is 0. The Morgan fingerprint density at radius 1 is 1.39 bits per heavy atom. The largest absolute Gasteiger partial charge is 0.317 e. The lowest BCUT2D eigenvalue weighted by atomic mass is 9.76. The molecule has 1 aliphatic rings. The molecule has 0 spiro atoms. The van der Waals surface area contributed by atoms with Crippen molar-refractivity contribution >= 4 is 11.3 Å². The Balaban J connectivity index is 1.79. The van der Waals surface area contributed by atoms with Gasteiger partial charge in [-0.3, -0.25) is 0 Å². The molecule has 0 unspecified atom stereocenters. The van der Waals surface area contributed by atoms with Gasteiger partial charge in [0.05, 0.1) is 0 Å². The summed E-state index contributed by atoms with van der Waals surface area (Å²) in [5, 5.41) is 5.66. The lowest BCUT2D eigenvalue weighted by molar-refractivity contribution is 0.124. The van der Waals surface area contributed by atoms with Gasteiger partial charge in [0.2, 0.25) is 0 Å². The molecule has 0 aliphatic carbocycles. The molecule has 1 N–H and O–H groups in total. The summed E-state index contributed by atoms with van der Waals surface area (Å²) in [7, 11) is 2.28. The SMILES string of the molecule is CCC1(CN(C)CCc2cccs2)CCNCC1. The minimum atomic E-state index is 0.565. The first-order valence-electron chi connectivity index (χ1n) is 7.16. The summed E-state index contributed by atoms with van der Waals surface area (Å²) >= 11 is 1.88. The lowest BCUT2D eigenvalue weighted by Gasteiger charge is -2.40. The summed E-state index contributed by atoms with van der Waals surface area (Å²) < 4.78 is 0. The van der Waals surface area contributed by atoms with Gasteiger partial charge in [-0.25, -0.2) is 0 Å². The summed E-state index contributed by atoms with van der Waals surface area (Å²) in [6.07, 6.45) is 5.20. The number of nitrogens with one attached hydrogen (secondary N) is 1. The van der Waals surface area contributed by atoms with Crippen molar-refractivity contribution in [3.63, 3.8) is 0 Å². The van der Waals surface area contributed by atoms with Crippen LogP contribution in [0.2, 0.25) is 0 Å². The molecule has 0 bridgehead atoms. The Hall–Kier alpha value is -0.380. The number of thiophene rings is 1. The topological polar surface area (TPSA) is 15.3 Å². The van der Waals surface area contributed by atoms with E-state index in [1.165, 1.54) is 56.7 Å². The van der Waals surface area contributed by atoms with Gasteiger partial charge in [0.1, 0.15) is 0 Å². The molecule has 1 aliphatic heterocycles. The van der Waals surface area contributed by atoms with E-state index in [1.807, 2.05) is 11.3 Å². The highest BCUT2D eigenvalue weighted by molar-refractivity contribution is 7.09. The van der Waals surface area contributed by atoms with Gasteiger partial charge in [-0.05, 0) is 62.7 Å². The number of rotatable bonds is 6. The maximum atomic E-state index is 3.48. The van der Waals surface area contributed by atoms with Crippen molar-refractivity contribution in [2.24, 2.45) is 5.41 Å². The minimum Gasteiger partial charge on any atom is -0.317 e. The molecule has 0 radical (unpaired) electrons. The zero-order valence-electron chi connectivity index (χ0n) is 11.7. The highest BCUT2D eigenvalue weighted by Gasteiger charge is 2.30. The average Bonchev–Trinajstić information content (AvgIpc) is 2.91. The molecule has 2 nitrogen and oxygen atoms in total. The van der Waals surface area contributed by atoms with E-state index in [1.54, 1.807) is 0 Å². The van der Waals surface area contributed by atoms with Crippen LogP contribution in [0.15, 0.2) is 17.5 Å². The molecular formula is C15H26N2S. The fourth-order valence-corrected chi connectivity index (χ4v) is 3.69. The molecule has 0 aromatic carbocycles. The fraction of sp³-hybridized carbons (Fsp3) is 0.733. The van der Waals surface area contributed by atoms with Gasteiger partial charge in [-0.1, -0.05) is 13.0 Å². The van der Waals surface area contributed by atoms with Crippen molar-refractivity contribution in [3.8, 4) is 0 Å². The second-order valence-corrected chi connectivity index (χ2v) is 6.70. The van der Waals surface area contributed by atoms with Gasteiger partial charge in [0.15, 0.2) is 0 Å². The molecule has 1 aromatic rings. The van der Waals surface area contributed by atoms with E-state index in [-0.39, 0.29) is 0 Å².